The molecule has 0 saturated carbocycles. The first-order valence-electron chi connectivity index (χ1n) is 27.8. The Kier molecular flexibility index (Phi) is 43.7. The number of hydrogen-bond acceptors (Lipinski definition) is 10. The smallest absolute Gasteiger partial charge is 0.306 e. The summed E-state index contributed by atoms with van der Waals surface area (Å²) in [6.45, 7) is 3.47. The molecule has 0 bridgehead atoms. The number of ether oxygens (including phenoxy) is 4. The average molecular weight is 925 g/mol. The minimum absolute atomic E-state index is 0.213. The number of carbonyl (C=O) groups is 2. The van der Waals surface area contributed by atoms with Gasteiger partial charge in [-0.1, -0.05) is 231 Å². The summed E-state index contributed by atoms with van der Waals surface area (Å²) in [6.07, 6.45) is 45.1. The Morgan fingerprint density at radius 2 is 0.815 bits per heavy atom. The topological polar surface area (TPSA) is 152 Å². The van der Waals surface area contributed by atoms with E-state index in [2.05, 4.69) is 26.0 Å². The van der Waals surface area contributed by atoms with Gasteiger partial charge in [0.1, 0.15) is 31.0 Å². The third-order valence-electron chi connectivity index (χ3n) is 13.2. The van der Waals surface area contributed by atoms with E-state index in [-0.39, 0.29) is 32.0 Å². The molecule has 1 aliphatic rings. The molecule has 0 spiro atoms. The van der Waals surface area contributed by atoms with Crippen LogP contribution < -0.4 is 0 Å². The van der Waals surface area contributed by atoms with Crippen LogP contribution in [-0.4, -0.2) is 89.0 Å². The van der Waals surface area contributed by atoms with Gasteiger partial charge in [0, 0.05) is 12.8 Å². The van der Waals surface area contributed by atoms with Crippen molar-refractivity contribution in [2.45, 2.75) is 307 Å². The molecule has 65 heavy (non-hydrogen) atoms. The summed E-state index contributed by atoms with van der Waals surface area (Å²) in [6, 6.07) is 0. The number of carbonyl (C=O) groups excluding carboxylic acids is 2. The molecule has 1 aliphatic heterocycles. The van der Waals surface area contributed by atoms with Crippen LogP contribution in [0.15, 0.2) is 12.2 Å². The predicted molar refractivity (Wildman–Crippen MR) is 266 cm³/mol. The van der Waals surface area contributed by atoms with Crippen LogP contribution in [0.4, 0.5) is 0 Å². The lowest BCUT2D eigenvalue weighted by molar-refractivity contribution is -0.305. The molecule has 0 radical (unpaired) electrons. The van der Waals surface area contributed by atoms with Gasteiger partial charge in [-0.25, -0.2) is 0 Å². The summed E-state index contributed by atoms with van der Waals surface area (Å²) in [5.41, 5.74) is 0. The number of aliphatic hydroxyl groups is 4. The van der Waals surface area contributed by atoms with E-state index in [1.807, 2.05) is 0 Å². The number of hydrogen-bond donors (Lipinski definition) is 4. The van der Waals surface area contributed by atoms with Crippen LogP contribution in [-0.2, 0) is 28.5 Å². The minimum atomic E-state index is -1.59. The van der Waals surface area contributed by atoms with Gasteiger partial charge in [0.2, 0.25) is 0 Å². The highest BCUT2D eigenvalue weighted by Crippen LogP contribution is 2.23. The largest absolute Gasteiger partial charge is 0.462 e. The zero-order valence-corrected chi connectivity index (χ0v) is 42.3. The van der Waals surface area contributed by atoms with E-state index >= 15 is 0 Å². The number of esters is 2. The van der Waals surface area contributed by atoms with Crippen LogP contribution in [0.3, 0.4) is 0 Å². The summed E-state index contributed by atoms with van der Waals surface area (Å²) in [7, 11) is 0. The van der Waals surface area contributed by atoms with Crippen molar-refractivity contribution in [3.8, 4) is 0 Å². The first-order valence-corrected chi connectivity index (χ1v) is 27.8. The molecule has 10 nitrogen and oxygen atoms in total. The Morgan fingerprint density at radius 1 is 0.462 bits per heavy atom. The molecule has 1 saturated heterocycles. The molecule has 0 amide bonds. The van der Waals surface area contributed by atoms with Gasteiger partial charge in [-0.2, -0.15) is 0 Å². The van der Waals surface area contributed by atoms with E-state index in [1.165, 1.54) is 186 Å². The van der Waals surface area contributed by atoms with Gasteiger partial charge < -0.3 is 39.4 Å². The van der Waals surface area contributed by atoms with E-state index in [1.54, 1.807) is 0 Å². The fraction of sp³-hybridized carbons (Fsp3) is 0.927. The van der Waals surface area contributed by atoms with E-state index in [4.69, 9.17) is 18.9 Å². The van der Waals surface area contributed by atoms with Crippen molar-refractivity contribution < 1.29 is 49.0 Å². The Labute approximate surface area is 399 Å². The van der Waals surface area contributed by atoms with Crippen LogP contribution in [0.25, 0.3) is 0 Å². The van der Waals surface area contributed by atoms with E-state index in [9.17, 15) is 30.0 Å². The molecule has 2 unspecified atom stereocenters. The highest BCUT2D eigenvalue weighted by atomic mass is 16.7. The van der Waals surface area contributed by atoms with Crippen LogP contribution in [0.5, 0.6) is 0 Å². The van der Waals surface area contributed by atoms with E-state index < -0.39 is 49.4 Å². The summed E-state index contributed by atoms with van der Waals surface area (Å²) in [4.78, 5) is 25.5. The molecular weight excluding hydrogens is 821 g/mol. The standard InChI is InChI=1S/C55H104O10/c1-3-5-7-9-11-13-15-17-19-21-22-23-24-25-26-28-30-32-34-36-38-40-42-44-51(58)64-48(47-63-55-54(61)53(60)52(59)49(45-56)65-55)46-62-50(57)43-41-39-37-35-33-31-29-27-20-18-16-14-12-10-8-6-4-2/h18,20,48-49,52-56,59-61H,3-17,19,21-47H2,1-2H3/b20-18+/t48-,49-,52+,53?,54?,55-/m1/s1. The lowest BCUT2D eigenvalue weighted by Gasteiger charge is -2.39. The zero-order chi connectivity index (χ0) is 47.3. The number of allylic oxidation sites excluding steroid dienone is 2. The summed E-state index contributed by atoms with van der Waals surface area (Å²) in [5, 5.41) is 40.3. The fourth-order valence-electron chi connectivity index (χ4n) is 8.77. The van der Waals surface area contributed by atoms with E-state index in [0.29, 0.717) is 6.42 Å². The maximum absolute atomic E-state index is 12.9. The molecule has 0 aromatic heterocycles. The lowest BCUT2D eigenvalue weighted by Crippen LogP contribution is -2.59. The fourth-order valence-corrected chi connectivity index (χ4v) is 8.77. The quantitative estimate of drug-likeness (QED) is 0.0264. The molecule has 0 aromatic rings. The van der Waals surface area contributed by atoms with Gasteiger partial charge in [0.05, 0.1) is 13.2 Å². The highest BCUT2D eigenvalue weighted by molar-refractivity contribution is 5.70. The maximum Gasteiger partial charge on any atom is 0.306 e. The van der Waals surface area contributed by atoms with Gasteiger partial charge in [-0.3, -0.25) is 9.59 Å². The Hall–Kier alpha value is -1.56. The number of aliphatic hydroxyl groups excluding tert-OH is 4. The maximum atomic E-state index is 12.9. The second kappa shape index (κ2) is 46.2. The number of rotatable bonds is 48. The molecule has 0 aromatic carbocycles. The van der Waals surface area contributed by atoms with Gasteiger partial charge >= 0.3 is 11.9 Å². The van der Waals surface area contributed by atoms with Crippen LogP contribution in [0.2, 0.25) is 0 Å². The molecular formula is C55H104O10. The van der Waals surface area contributed by atoms with Gasteiger partial charge in [-0.05, 0) is 38.5 Å². The molecule has 0 aliphatic carbocycles. The van der Waals surface area contributed by atoms with Gasteiger partial charge in [0.25, 0.3) is 0 Å². The first-order chi connectivity index (χ1) is 31.8. The SMILES string of the molecule is CCCCCCCC/C=C/CCCCCCCCCC(=O)OC[C@H](CO[C@@H]1O[C@H](CO)[C@H](O)C(O)C1O)OC(=O)CCCCCCCCCCCCCCCCCCCCCCCCC. The Morgan fingerprint density at radius 3 is 1.20 bits per heavy atom. The third kappa shape index (κ3) is 37.1. The van der Waals surface area contributed by atoms with E-state index in [0.717, 1.165) is 51.4 Å². The molecule has 1 rings (SSSR count). The van der Waals surface area contributed by atoms with Crippen LogP contribution in [0, 0.1) is 0 Å². The van der Waals surface area contributed by atoms with Crippen molar-refractivity contribution in [1.82, 2.24) is 0 Å². The normalized spacial score (nSPS) is 19.3. The third-order valence-corrected chi connectivity index (χ3v) is 13.2. The average Bonchev–Trinajstić information content (AvgIpc) is 3.30. The van der Waals surface area contributed by atoms with Crippen molar-refractivity contribution in [2.75, 3.05) is 19.8 Å². The van der Waals surface area contributed by atoms with Crippen LogP contribution in [0.1, 0.15) is 271 Å². The summed E-state index contributed by atoms with van der Waals surface area (Å²) in [5.74, 6) is -0.794. The lowest BCUT2D eigenvalue weighted by atomic mass is 9.99. The van der Waals surface area contributed by atoms with Gasteiger partial charge in [-0.15, -0.1) is 0 Å². The summed E-state index contributed by atoms with van der Waals surface area (Å²) < 4.78 is 22.3. The molecule has 1 fully saturated rings. The van der Waals surface area contributed by atoms with Gasteiger partial charge in [0.15, 0.2) is 12.4 Å². The molecule has 1 heterocycles. The molecule has 384 valence electrons. The predicted octanol–water partition coefficient (Wildman–Crippen LogP) is 13.5. The van der Waals surface area contributed by atoms with Crippen molar-refractivity contribution in [3.05, 3.63) is 12.2 Å². The molecule has 4 N–H and O–H groups in total. The zero-order valence-electron chi connectivity index (χ0n) is 42.3. The second-order valence-electron chi connectivity index (χ2n) is 19.4. The molecule has 6 atom stereocenters. The number of unbranched alkanes of at least 4 members (excludes halogenated alkanes) is 35. The van der Waals surface area contributed by atoms with Crippen molar-refractivity contribution in [3.63, 3.8) is 0 Å². The van der Waals surface area contributed by atoms with Crippen molar-refractivity contribution in [1.29, 1.82) is 0 Å². The monoisotopic (exact) mass is 925 g/mol. The highest BCUT2D eigenvalue weighted by Gasteiger charge is 2.44. The Balaban J connectivity index is 2.20. The minimum Gasteiger partial charge on any atom is -0.462 e. The molecule has 10 heteroatoms. The first kappa shape index (κ1) is 61.5. The van der Waals surface area contributed by atoms with Crippen molar-refractivity contribution >= 4 is 11.9 Å². The second-order valence-corrected chi connectivity index (χ2v) is 19.4. The van der Waals surface area contributed by atoms with Crippen molar-refractivity contribution in [2.24, 2.45) is 0 Å². The van der Waals surface area contributed by atoms with Crippen LogP contribution >= 0.6 is 0 Å². The Bertz CT molecular complexity index is 1070. The summed E-state index contributed by atoms with van der Waals surface area (Å²) >= 11 is 0.